The van der Waals surface area contributed by atoms with Gasteiger partial charge in [0.15, 0.2) is 0 Å². The van der Waals surface area contributed by atoms with E-state index in [0.717, 1.165) is 23.5 Å². The number of aryl methyl sites for hydroxylation is 1. The average Bonchev–Trinajstić information content (AvgIpc) is 3.03. The minimum Gasteiger partial charge on any atom is -0.353 e. The van der Waals surface area contributed by atoms with Crippen molar-refractivity contribution in [2.45, 2.75) is 12.8 Å². The van der Waals surface area contributed by atoms with E-state index in [-0.39, 0.29) is 5.91 Å². The fourth-order valence-electron chi connectivity index (χ4n) is 1.45. The van der Waals surface area contributed by atoms with Crippen LogP contribution in [0.4, 0.5) is 0 Å². The van der Waals surface area contributed by atoms with E-state index in [4.69, 9.17) is 11.6 Å². The summed E-state index contributed by atoms with van der Waals surface area (Å²) in [6, 6.07) is 3.68. The molecular weight excluding hydrogens is 284 g/mol. The molecule has 2 aromatic heterocycles. The number of H-pyrrole nitrogens is 1. The second-order valence-corrected chi connectivity index (χ2v) is 5.55. The van der Waals surface area contributed by atoms with Crippen molar-refractivity contribution in [2.24, 2.45) is 0 Å². The zero-order valence-electron chi connectivity index (χ0n) is 10.1. The zero-order valence-corrected chi connectivity index (χ0v) is 11.7. The molecule has 100 valence electrons. The number of nitrogens with zero attached hydrogens (tertiary/aromatic N) is 2. The topological polar surface area (TPSA) is 70.7 Å². The Morgan fingerprint density at radius 3 is 3.11 bits per heavy atom. The molecule has 0 bridgehead atoms. The normalized spacial score (nSPS) is 11.0. The molecule has 0 unspecified atom stereocenters. The van der Waals surface area contributed by atoms with Crippen molar-refractivity contribution >= 4 is 34.9 Å². The minimum absolute atomic E-state index is 0.109. The molecular formula is C12H13ClN4OS. The number of hydrogen-bond acceptors (Lipinski definition) is 4. The smallest absolute Gasteiger partial charge is 0.244 e. The number of halogens is 1. The summed E-state index contributed by atoms with van der Waals surface area (Å²) in [4.78, 5) is 16.5. The number of carbonyl (C=O) groups excluding carboxylic acids is 1. The molecule has 0 fully saturated rings. The van der Waals surface area contributed by atoms with Gasteiger partial charge in [-0.25, -0.2) is 4.98 Å². The number of nitrogens with one attached hydrogen (secondary N) is 2. The van der Waals surface area contributed by atoms with E-state index in [1.54, 1.807) is 12.1 Å². The lowest BCUT2D eigenvalue weighted by Gasteiger charge is -2.00. The van der Waals surface area contributed by atoms with Crippen LogP contribution in [0.3, 0.4) is 0 Å². The Morgan fingerprint density at radius 2 is 2.42 bits per heavy atom. The summed E-state index contributed by atoms with van der Waals surface area (Å²) in [5.41, 5.74) is 0. The van der Waals surface area contributed by atoms with Gasteiger partial charge in [0, 0.05) is 23.9 Å². The molecule has 2 heterocycles. The Kier molecular flexibility index (Phi) is 5.11. The standard InChI is InChI=1S/C12H13ClN4OS/c13-10-5-3-9(19-10)4-6-12(18)14-7-1-2-11-15-8-16-17-11/h3-6,8H,1-2,7H2,(H,14,18)(H,15,16,17). The molecule has 7 heteroatoms. The number of amides is 1. The second-order valence-electron chi connectivity index (χ2n) is 3.80. The van der Waals surface area contributed by atoms with Gasteiger partial charge in [0.05, 0.1) is 4.34 Å². The van der Waals surface area contributed by atoms with Gasteiger partial charge < -0.3 is 5.32 Å². The van der Waals surface area contributed by atoms with Crippen LogP contribution < -0.4 is 5.32 Å². The first-order chi connectivity index (χ1) is 9.24. The van der Waals surface area contributed by atoms with E-state index in [9.17, 15) is 4.79 Å². The van der Waals surface area contributed by atoms with Gasteiger partial charge in [-0.3, -0.25) is 9.89 Å². The highest BCUT2D eigenvalue weighted by atomic mass is 35.5. The number of hydrogen-bond donors (Lipinski definition) is 2. The lowest BCUT2D eigenvalue weighted by atomic mass is 10.3. The van der Waals surface area contributed by atoms with Crippen molar-refractivity contribution in [3.05, 3.63) is 39.6 Å². The maximum absolute atomic E-state index is 11.5. The van der Waals surface area contributed by atoms with Crippen LogP contribution in [0.2, 0.25) is 4.34 Å². The zero-order chi connectivity index (χ0) is 13.5. The van der Waals surface area contributed by atoms with Gasteiger partial charge in [0.25, 0.3) is 0 Å². The van der Waals surface area contributed by atoms with Crippen molar-refractivity contribution in [3.63, 3.8) is 0 Å². The second kappa shape index (κ2) is 7.06. The minimum atomic E-state index is -0.109. The maximum atomic E-state index is 11.5. The Labute approximate surface area is 119 Å². The number of thiophene rings is 1. The quantitative estimate of drug-likeness (QED) is 0.634. The lowest BCUT2D eigenvalue weighted by molar-refractivity contribution is -0.116. The molecule has 0 atom stereocenters. The molecule has 0 radical (unpaired) electrons. The van der Waals surface area contributed by atoms with E-state index in [0.29, 0.717) is 10.9 Å². The fourth-order valence-corrected chi connectivity index (χ4v) is 2.42. The Hall–Kier alpha value is -1.66. The predicted octanol–water partition coefficient (Wildman–Crippen LogP) is 2.28. The fraction of sp³-hybridized carbons (Fsp3) is 0.250. The third-order valence-electron chi connectivity index (χ3n) is 2.35. The molecule has 2 aromatic rings. The molecule has 5 nitrogen and oxygen atoms in total. The van der Waals surface area contributed by atoms with Gasteiger partial charge in [-0.15, -0.1) is 11.3 Å². The van der Waals surface area contributed by atoms with Crippen LogP contribution in [0.5, 0.6) is 0 Å². The van der Waals surface area contributed by atoms with Crippen LogP contribution in [0.25, 0.3) is 6.08 Å². The molecule has 19 heavy (non-hydrogen) atoms. The summed E-state index contributed by atoms with van der Waals surface area (Å²) in [6.07, 6.45) is 6.33. The molecule has 2 N–H and O–H groups in total. The number of carbonyl (C=O) groups is 1. The highest BCUT2D eigenvalue weighted by Gasteiger charge is 1.98. The Morgan fingerprint density at radius 1 is 1.53 bits per heavy atom. The monoisotopic (exact) mass is 296 g/mol. The molecule has 0 saturated heterocycles. The molecule has 0 aliphatic heterocycles. The highest BCUT2D eigenvalue weighted by molar-refractivity contribution is 7.17. The Bertz CT molecular complexity index is 550. The molecule has 1 amide bonds. The van der Waals surface area contributed by atoms with Crippen LogP contribution in [0.15, 0.2) is 24.5 Å². The first-order valence-electron chi connectivity index (χ1n) is 5.79. The van der Waals surface area contributed by atoms with Crippen LogP contribution >= 0.6 is 22.9 Å². The third kappa shape index (κ3) is 4.84. The highest BCUT2D eigenvalue weighted by Crippen LogP contribution is 2.22. The average molecular weight is 297 g/mol. The largest absolute Gasteiger partial charge is 0.353 e. The molecule has 0 aliphatic carbocycles. The summed E-state index contributed by atoms with van der Waals surface area (Å²) in [5.74, 6) is 0.722. The SMILES string of the molecule is O=C(C=Cc1ccc(Cl)s1)NCCCc1ncn[nH]1. The summed E-state index contributed by atoms with van der Waals surface area (Å²) in [5, 5.41) is 9.34. The summed E-state index contributed by atoms with van der Waals surface area (Å²) in [7, 11) is 0. The first-order valence-corrected chi connectivity index (χ1v) is 6.99. The van der Waals surface area contributed by atoms with Crippen LogP contribution in [0.1, 0.15) is 17.1 Å². The molecule has 0 aliphatic rings. The van der Waals surface area contributed by atoms with Crippen LogP contribution in [-0.2, 0) is 11.2 Å². The van der Waals surface area contributed by atoms with E-state index >= 15 is 0 Å². The van der Waals surface area contributed by atoms with E-state index in [1.807, 2.05) is 6.07 Å². The van der Waals surface area contributed by atoms with E-state index in [1.165, 1.54) is 23.7 Å². The molecule has 0 spiro atoms. The first kappa shape index (κ1) is 13.8. The van der Waals surface area contributed by atoms with Gasteiger partial charge >= 0.3 is 0 Å². The van der Waals surface area contributed by atoms with Gasteiger partial charge in [0.2, 0.25) is 5.91 Å². The van der Waals surface area contributed by atoms with Crippen molar-refractivity contribution in [1.82, 2.24) is 20.5 Å². The van der Waals surface area contributed by atoms with Crippen molar-refractivity contribution < 1.29 is 4.79 Å². The molecule has 2 rings (SSSR count). The summed E-state index contributed by atoms with van der Waals surface area (Å²) in [6.45, 7) is 0.606. The van der Waals surface area contributed by atoms with Crippen molar-refractivity contribution in [3.8, 4) is 0 Å². The number of aromatic nitrogens is 3. The molecule has 0 saturated carbocycles. The van der Waals surface area contributed by atoms with E-state index in [2.05, 4.69) is 20.5 Å². The number of rotatable bonds is 6. The maximum Gasteiger partial charge on any atom is 0.244 e. The van der Waals surface area contributed by atoms with Gasteiger partial charge in [0.1, 0.15) is 12.2 Å². The van der Waals surface area contributed by atoms with Crippen LogP contribution in [0, 0.1) is 0 Å². The lowest BCUT2D eigenvalue weighted by Crippen LogP contribution is -2.22. The van der Waals surface area contributed by atoms with Crippen molar-refractivity contribution in [1.29, 1.82) is 0 Å². The third-order valence-corrected chi connectivity index (χ3v) is 3.54. The van der Waals surface area contributed by atoms with Crippen LogP contribution in [-0.4, -0.2) is 27.6 Å². The van der Waals surface area contributed by atoms with Gasteiger partial charge in [-0.05, 0) is 24.6 Å². The number of aromatic amines is 1. The predicted molar refractivity (Wildman–Crippen MR) is 76.1 cm³/mol. The summed E-state index contributed by atoms with van der Waals surface area (Å²) >= 11 is 7.23. The van der Waals surface area contributed by atoms with Gasteiger partial charge in [-0.2, -0.15) is 5.10 Å². The van der Waals surface area contributed by atoms with Gasteiger partial charge in [-0.1, -0.05) is 11.6 Å². The van der Waals surface area contributed by atoms with E-state index < -0.39 is 0 Å². The van der Waals surface area contributed by atoms with Crippen molar-refractivity contribution in [2.75, 3.05) is 6.54 Å². The Balaban J connectivity index is 1.66. The summed E-state index contributed by atoms with van der Waals surface area (Å²) < 4.78 is 0.715. The molecule has 0 aromatic carbocycles.